The predicted octanol–water partition coefficient (Wildman–Crippen LogP) is 3.29. The summed E-state index contributed by atoms with van der Waals surface area (Å²) in [7, 11) is 0. The molecule has 0 bridgehead atoms. The average Bonchev–Trinajstić information content (AvgIpc) is 2.59. The van der Waals surface area contributed by atoms with E-state index in [0.717, 1.165) is 5.56 Å². The van der Waals surface area contributed by atoms with Crippen LogP contribution in [-0.2, 0) is 0 Å². The Balaban J connectivity index is 1.87. The molecule has 1 aromatic heterocycles. The maximum Gasteiger partial charge on any atom is 0.278 e. The Morgan fingerprint density at radius 2 is 1.91 bits per heavy atom. The minimum Gasteiger partial charge on any atom is -0.387 e. The van der Waals surface area contributed by atoms with Crippen molar-refractivity contribution in [2.45, 2.75) is 6.10 Å². The van der Waals surface area contributed by atoms with Crippen molar-refractivity contribution in [3.05, 3.63) is 76.5 Å². The van der Waals surface area contributed by atoms with Crippen LogP contribution in [0.1, 0.15) is 11.7 Å². The number of benzene rings is 2. The largest absolute Gasteiger partial charge is 0.387 e. The van der Waals surface area contributed by atoms with Gasteiger partial charge in [-0.25, -0.2) is 0 Å². The van der Waals surface area contributed by atoms with Crippen molar-refractivity contribution in [2.75, 3.05) is 11.9 Å². The molecule has 1 unspecified atom stereocenters. The molecule has 0 aliphatic heterocycles. The average molecular weight is 309 g/mol. The maximum absolute atomic E-state index is 11.1. The number of hydrogen-bond donors (Lipinski definition) is 2. The molecule has 0 spiro atoms. The number of nitrogens with zero attached hydrogens (tertiary/aromatic N) is 2. The first-order chi connectivity index (χ1) is 11.2. The number of nitro benzene ring substituents is 1. The number of aromatic nitrogens is 1. The van der Waals surface area contributed by atoms with E-state index in [4.69, 9.17) is 0 Å². The van der Waals surface area contributed by atoms with Crippen molar-refractivity contribution < 1.29 is 10.0 Å². The second-order valence-corrected chi connectivity index (χ2v) is 5.10. The zero-order chi connectivity index (χ0) is 16.2. The summed E-state index contributed by atoms with van der Waals surface area (Å²) in [4.78, 5) is 14.9. The summed E-state index contributed by atoms with van der Waals surface area (Å²) in [5.41, 5.74) is 1.99. The fraction of sp³-hybridized carbons (Fsp3) is 0.118. The molecule has 2 N–H and O–H groups in total. The van der Waals surface area contributed by atoms with Crippen LogP contribution in [0.4, 0.5) is 11.4 Å². The number of hydrogen-bond acceptors (Lipinski definition) is 5. The van der Waals surface area contributed by atoms with Crippen LogP contribution in [0, 0.1) is 10.1 Å². The van der Waals surface area contributed by atoms with Crippen LogP contribution in [0.5, 0.6) is 0 Å². The third-order valence-corrected chi connectivity index (χ3v) is 3.61. The molecule has 0 saturated carbocycles. The van der Waals surface area contributed by atoms with Crippen molar-refractivity contribution in [3.63, 3.8) is 0 Å². The van der Waals surface area contributed by atoms with E-state index in [0.29, 0.717) is 16.6 Å². The Bertz CT molecular complexity index is 837. The standard InChI is InChI=1S/C17H15N3O3/c21-16(12-5-2-1-3-6-12)11-19-14-8-9-15(20(22)23)13-7-4-10-18-17(13)14/h1-10,16,19,21H,11H2. The van der Waals surface area contributed by atoms with Gasteiger partial charge in [0.2, 0.25) is 0 Å². The number of nitro groups is 1. The van der Waals surface area contributed by atoms with Gasteiger partial charge in [-0.2, -0.15) is 0 Å². The molecule has 1 atom stereocenters. The highest BCUT2D eigenvalue weighted by atomic mass is 16.6. The summed E-state index contributed by atoms with van der Waals surface area (Å²) in [6.45, 7) is 0.285. The lowest BCUT2D eigenvalue weighted by Crippen LogP contribution is -2.12. The van der Waals surface area contributed by atoms with Gasteiger partial charge in [0.25, 0.3) is 5.69 Å². The number of pyridine rings is 1. The van der Waals surface area contributed by atoms with Gasteiger partial charge in [-0.05, 0) is 23.8 Å². The van der Waals surface area contributed by atoms with E-state index in [1.165, 1.54) is 6.07 Å². The lowest BCUT2D eigenvalue weighted by atomic mass is 10.1. The predicted molar refractivity (Wildman–Crippen MR) is 88.3 cm³/mol. The summed E-state index contributed by atoms with van der Waals surface area (Å²) in [5, 5.41) is 24.9. The molecule has 3 aromatic rings. The number of aliphatic hydroxyl groups is 1. The molecular formula is C17H15N3O3. The molecule has 23 heavy (non-hydrogen) atoms. The van der Waals surface area contributed by atoms with Crippen molar-refractivity contribution >= 4 is 22.3 Å². The number of nitrogens with one attached hydrogen (secondary N) is 1. The van der Waals surface area contributed by atoms with Crippen LogP contribution in [0.25, 0.3) is 10.9 Å². The zero-order valence-electron chi connectivity index (χ0n) is 12.2. The molecule has 0 aliphatic rings. The lowest BCUT2D eigenvalue weighted by molar-refractivity contribution is -0.383. The summed E-state index contributed by atoms with van der Waals surface area (Å²) in [5.74, 6) is 0. The SMILES string of the molecule is O=[N+]([O-])c1ccc(NCC(O)c2ccccc2)c2ncccc12. The number of non-ortho nitro benzene ring substituents is 1. The number of fused-ring (bicyclic) bond motifs is 1. The molecule has 0 saturated heterocycles. The van der Waals surface area contributed by atoms with Crippen LogP contribution in [-0.4, -0.2) is 21.6 Å². The van der Waals surface area contributed by atoms with Crippen molar-refractivity contribution in [3.8, 4) is 0 Å². The van der Waals surface area contributed by atoms with Gasteiger partial charge in [0.05, 0.1) is 22.1 Å². The first-order valence-electron chi connectivity index (χ1n) is 7.16. The van der Waals surface area contributed by atoms with Gasteiger partial charge in [-0.3, -0.25) is 15.1 Å². The van der Waals surface area contributed by atoms with Gasteiger partial charge >= 0.3 is 0 Å². The molecule has 6 nitrogen and oxygen atoms in total. The van der Waals surface area contributed by atoms with Crippen LogP contribution in [0.2, 0.25) is 0 Å². The summed E-state index contributed by atoms with van der Waals surface area (Å²) in [6.07, 6.45) is 0.912. The van der Waals surface area contributed by atoms with E-state index >= 15 is 0 Å². The lowest BCUT2D eigenvalue weighted by Gasteiger charge is -2.14. The van der Waals surface area contributed by atoms with E-state index in [-0.39, 0.29) is 12.2 Å². The summed E-state index contributed by atoms with van der Waals surface area (Å²) in [6, 6.07) is 15.7. The van der Waals surface area contributed by atoms with E-state index in [2.05, 4.69) is 10.3 Å². The summed E-state index contributed by atoms with van der Waals surface area (Å²) >= 11 is 0. The topological polar surface area (TPSA) is 88.3 Å². The van der Waals surface area contributed by atoms with Crippen LogP contribution in [0.3, 0.4) is 0 Å². The molecule has 0 amide bonds. The molecule has 3 rings (SSSR count). The molecule has 0 radical (unpaired) electrons. The fourth-order valence-electron chi connectivity index (χ4n) is 2.46. The Kier molecular flexibility index (Phi) is 4.16. The third kappa shape index (κ3) is 3.12. The highest BCUT2D eigenvalue weighted by Gasteiger charge is 2.15. The minimum atomic E-state index is -0.676. The van der Waals surface area contributed by atoms with Crippen LogP contribution < -0.4 is 5.32 Å². The van der Waals surface area contributed by atoms with E-state index in [9.17, 15) is 15.2 Å². The van der Waals surface area contributed by atoms with Gasteiger partial charge in [0.15, 0.2) is 0 Å². The minimum absolute atomic E-state index is 0.0160. The van der Waals surface area contributed by atoms with Gasteiger partial charge in [0, 0.05) is 18.8 Å². The van der Waals surface area contributed by atoms with Crippen LogP contribution >= 0.6 is 0 Å². The molecule has 116 valence electrons. The van der Waals surface area contributed by atoms with E-state index in [1.807, 2.05) is 30.3 Å². The van der Waals surface area contributed by atoms with Crippen molar-refractivity contribution in [1.82, 2.24) is 4.98 Å². The van der Waals surface area contributed by atoms with Crippen molar-refractivity contribution in [1.29, 1.82) is 0 Å². The van der Waals surface area contributed by atoms with Gasteiger partial charge in [-0.15, -0.1) is 0 Å². The van der Waals surface area contributed by atoms with Crippen molar-refractivity contribution in [2.24, 2.45) is 0 Å². The molecule has 0 aliphatic carbocycles. The number of aliphatic hydroxyl groups excluding tert-OH is 1. The molecule has 2 aromatic carbocycles. The first-order valence-corrected chi connectivity index (χ1v) is 7.16. The van der Waals surface area contributed by atoms with Gasteiger partial charge in [-0.1, -0.05) is 30.3 Å². The van der Waals surface area contributed by atoms with Gasteiger partial charge < -0.3 is 10.4 Å². The highest BCUT2D eigenvalue weighted by Crippen LogP contribution is 2.30. The molecule has 6 heteroatoms. The third-order valence-electron chi connectivity index (χ3n) is 3.61. The molecule has 1 heterocycles. The quantitative estimate of drug-likeness (QED) is 0.557. The Morgan fingerprint density at radius 1 is 1.13 bits per heavy atom. The molecule has 0 fully saturated rings. The Morgan fingerprint density at radius 3 is 2.65 bits per heavy atom. The van der Waals surface area contributed by atoms with Gasteiger partial charge in [0.1, 0.15) is 5.52 Å². The highest BCUT2D eigenvalue weighted by molar-refractivity contribution is 5.96. The first kappa shape index (κ1) is 14.9. The number of anilines is 1. The smallest absolute Gasteiger partial charge is 0.278 e. The fourth-order valence-corrected chi connectivity index (χ4v) is 2.46. The second kappa shape index (κ2) is 6.41. The Labute approximate surface area is 132 Å². The molecular weight excluding hydrogens is 294 g/mol. The Hall–Kier alpha value is -2.99. The van der Waals surface area contributed by atoms with Crippen LogP contribution in [0.15, 0.2) is 60.8 Å². The summed E-state index contributed by atoms with van der Waals surface area (Å²) < 4.78 is 0. The second-order valence-electron chi connectivity index (χ2n) is 5.10. The van der Waals surface area contributed by atoms with E-state index < -0.39 is 11.0 Å². The zero-order valence-corrected chi connectivity index (χ0v) is 12.2. The normalized spacial score (nSPS) is 12.0. The van der Waals surface area contributed by atoms with E-state index in [1.54, 1.807) is 24.4 Å². The number of rotatable bonds is 5. The monoisotopic (exact) mass is 309 g/mol. The maximum atomic E-state index is 11.1.